The van der Waals surface area contributed by atoms with Gasteiger partial charge in [0.2, 0.25) is 5.91 Å². The fourth-order valence-corrected chi connectivity index (χ4v) is 1.23. The Balaban J connectivity index is 2.41. The van der Waals surface area contributed by atoms with Crippen LogP contribution in [0.4, 0.5) is 0 Å². The maximum atomic E-state index is 11.0. The first-order valence-electron chi connectivity index (χ1n) is 3.99. The molecule has 2 atom stereocenters. The van der Waals surface area contributed by atoms with Gasteiger partial charge in [-0.2, -0.15) is 0 Å². The lowest BCUT2D eigenvalue weighted by Crippen LogP contribution is -2.61. The second-order valence-corrected chi connectivity index (χ2v) is 2.89. The summed E-state index contributed by atoms with van der Waals surface area (Å²) in [6, 6.07) is -0.226. The molecule has 74 valence electrons. The lowest BCUT2D eigenvalue weighted by atomic mass is 10.1. The van der Waals surface area contributed by atoms with Gasteiger partial charge < -0.3 is 10.1 Å². The van der Waals surface area contributed by atoms with E-state index in [1.54, 1.807) is 0 Å². The monoisotopic (exact) mass is 187 g/mol. The summed E-state index contributed by atoms with van der Waals surface area (Å²) in [5, 5.41) is 5.33. The number of carbonyl (C=O) groups excluding carboxylic acids is 2. The average Bonchev–Trinajstić information content (AvgIpc) is 2.02. The summed E-state index contributed by atoms with van der Waals surface area (Å²) in [6.07, 6.45) is -0.156. The highest BCUT2D eigenvalue weighted by Gasteiger charge is 2.25. The lowest BCUT2D eigenvalue weighted by molar-refractivity contribution is -0.141. The zero-order valence-corrected chi connectivity index (χ0v) is 7.37. The van der Waals surface area contributed by atoms with Gasteiger partial charge in [-0.1, -0.05) is 0 Å². The van der Waals surface area contributed by atoms with Crippen molar-refractivity contribution in [2.24, 2.45) is 5.73 Å². The summed E-state index contributed by atoms with van der Waals surface area (Å²) in [6.45, 7) is 0. The third kappa shape index (κ3) is 3.00. The molecule has 1 fully saturated rings. The van der Waals surface area contributed by atoms with Gasteiger partial charge >= 0.3 is 5.97 Å². The van der Waals surface area contributed by atoms with Crippen LogP contribution < -0.4 is 16.4 Å². The number of hydrogen-bond acceptors (Lipinski definition) is 5. The van der Waals surface area contributed by atoms with Crippen LogP contribution in [-0.4, -0.2) is 31.3 Å². The minimum absolute atomic E-state index is 0.153. The summed E-state index contributed by atoms with van der Waals surface area (Å²) in [7, 11) is 1.31. The molecule has 1 aliphatic heterocycles. The minimum Gasteiger partial charge on any atom is -0.469 e. The topological polar surface area (TPSA) is 93.5 Å². The second kappa shape index (κ2) is 4.20. The predicted molar refractivity (Wildman–Crippen MR) is 44.3 cm³/mol. The van der Waals surface area contributed by atoms with Gasteiger partial charge in [-0.25, -0.2) is 0 Å². The number of nitrogens with two attached hydrogens (primary N) is 1. The second-order valence-electron chi connectivity index (χ2n) is 2.89. The van der Waals surface area contributed by atoms with Crippen molar-refractivity contribution in [1.82, 2.24) is 10.6 Å². The zero-order chi connectivity index (χ0) is 9.84. The van der Waals surface area contributed by atoms with Gasteiger partial charge in [-0.15, -0.1) is 0 Å². The van der Waals surface area contributed by atoms with Crippen molar-refractivity contribution in [3.05, 3.63) is 0 Å². The van der Waals surface area contributed by atoms with Crippen molar-refractivity contribution in [2.75, 3.05) is 7.11 Å². The molecule has 4 N–H and O–H groups in total. The number of hydrogen-bond donors (Lipinski definition) is 3. The molecule has 0 aromatic heterocycles. The van der Waals surface area contributed by atoms with Crippen LogP contribution in [0.1, 0.15) is 12.8 Å². The number of ether oxygens (including phenoxy) is 1. The fourth-order valence-electron chi connectivity index (χ4n) is 1.23. The highest BCUT2D eigenvalue weighted by Crippen LogP contribution is 2.03. The van der Waals surface area contributed by atoms with Gasteiger partial charge in [0, 0.05) is 12.5 Å². The minimum atomic E-state index is -0.573. The molecule has 6 heteroatoms. The van der Waals surface area contributed by atoms with Crippen molar-refractivity contribution >= 4 is 11.9 Å². The van der Waals surface area contributed by atoms with E-state index in [0.29, 0.717) is 0 Å². The van der Waals surface area contributed by atoms with Crippen molar-refractivity contribution in [3.63, 3.8) is 0 Å². The van der Waals surface area contributed by atoms with Crippen LogP contribution in [0.5, 0.6) is 0 Å². The quantitative estimate of drug-likeness (QED) is 0.447. The van der Waals surface area contributed by atoms with E-state index in [1.165, 1.54) is 7.11 Å². The van der Waals surface area contributed by atoms with E-state index in [-0.39, 0.29) is 30.8 Å². The highest BCUT2D eigenvalue weighted by atomic mass is 16.5. The molecule has 0 radical (unpaired) electrons. The van der Waals surface area contributed by atoms with Crippen LogP contribution in [-0.2, 0) is 14.3 Å². The van der Waals surface area contributed by atoms with Crippen LogP contribution in [0.3, 0.4) is 0 Å². The van der Waals surface area contributed by atoms with Crippen molar-refractivity contribution in [2.45, 2.75) is 25.2 Å². The molecule has 1 rings (SSSR count). The Kier molecular flexibility index (Phi) is 3.21. The number of amides is 1. The molecule has 0 saturated carbocycles. The maximum absolute atomic E-state index is 11.0. The summed E-state index contributed by atoms with van der Waals surface area (Å²) >= 11 is 0. The lowest BCUT2D eigenvalue weighted by Gasteiger charge is -2.28. The average molecular weight is 187 g/mol. The van der Waals surface area contributed by atoms with Crippen LogP contribution >= 0.6 is 0 Å². The van der Waals surface area contributed by atoms with Gasteiger partial charge in [-0.05, 0) is 0 Å². The Hall–Kier alpha value is -1.14. The number of nitrogens with one attached hydrogen (secondary N) is 2. The SMILES string of the molecule is COC(=O)CC1CC(=O)NC(N)N1. The predicted octanol–water partition coefficient (Wildman–Crippen LogP) is -1.73. The molecule has 6 nitrogen and oxygen atoms in total. The van der Waals surface area contributed by atoms with Crippen molar-refractivity contribution < 1.29 is 14.3 Å². The first-order valence-corrected chi connectivity index (χ1v) is 3.99. The first-order chi connectivity index (χ1) is 6.11. The van der Waals surface area contributed by atoms with Crippen molar-refractivity contribution in [3.8, 4) is 0 Å². The van der Waals surface area contributed by atoms with Gasteiger partial charge in [0.1, 0.15) is 6.29 Å². The Morgan fingerprint density at radius 3 is 3.00 bits per heavy atom. The van der Waals surface area contributed by atoms with E-state index in [1.807, 2.05) is 0 Å². The summed E-state index contributed by atoms with van der Waals surface area (Å²) in [4.78, 5) is 21.8. The standard InChI is InChI=1S/C7H13N3O3/c1-13-6(12)3-4-2-5(11)10-7(8)9-4/h4,7,9H,2-3,8H2,1H3,(H,10,11). The molecule has 13 heavy (non-hydrogen) atoms. The normalized spacial score (nSPS) is 28.0. The molecule has 1 amide bonds. The Morgan fingerprint density at radius 1 is 1.77 bits per heavy atom. The Morgan fingerprint density at radius 2 is 2.46 bits per heavy atom. The van der Waals surface area contributed by atoms with Crippen LogP contribution in [0.2, 0.25) is 0 Å². The van der Waals surface area contributed by atoms with E-state index in [2.05, 4.69) is 15.4 Å². The molecule has 2 unspecified atom stereocenters. The largest absolute Gasteiger partial charge is 0.469 e. The third-order valence-corrected chi connectivity index (χ3v) is 1.80. The number of carbonyl (C=O) groups is 2. The van der Waals surface area contributed by atoms with E-state index >= 15 is 0 Å². The zero-order valence-electron chi connectivity index (χ0n) is 7.37. The van der Waals surface area contributed by atoms with Gasteiger partial charge in [-0.3, -0.25) is 20.6 Å². The molecule has 1 heterocycles. The maximum Gasteiger partial charge on any atom is 0.307 e. The van der Waals surface area contributed by atoms with Gasteiger partial charge in [0.25, 0.3) is 0 Å². The highest BCUT2D eigenvalue weighted by molar-refractivity contribution is 5.79. The molecule has 0 aromatic carbocycles. The first kappa shape index (κ1) is 9.94. The number of esters is 1. The third-order valence-electron chi connectivity index (χ3n) is 1.80. The van der Waals surface area contributed by atoms with E-state index in [9.17, 15) is 9.59 Å². The molecule has 0 aliphatic carbocycles. The smallest absolute Gasteiger partial charge is 0.307 e. The Labute approximate surface area is 75.8 Å². The fraction of sp³-hybridized carbons (Fsp3) is 0.714. The molecular weight excluding hydrogens is 174 g/mol. The van der Waals surface area contributed by atoms with Gasteiger partial charge in [0.15, 0.2) is 0 Å². The van der Waals surface area contributed by atoms with E-state index in [4.69, 9.17) is 5.73 Å². The summed E-state index contributed by atoms with van der Waals surface area (Å²) in [5.74, 6) is -0.500. The summed E-state index contributed by atoms with van der Waals surface area (Å²) in [5.41, 5.74) is 5.44. The number of rotatable bonds is 2. The van der Waals surface area contributed by atoms with Crippen LogP contribution in [0.15, 0.2) is 0 Å². The molecule has 0 bridgehead atoms. The van der Waals surface area contributed by atoms with Crippen LogP contribution in [0, 0.1) is 0 Å². The van der Waals surface area contributed by atoms with Gasteiger partial charge in [0.05, 0.1) is 13.5 Å². The van der Waals surface area contributed by atoms with Crippen LogP contribution in [0.25, 0.3) is 0 Å². The van der Waals surface area contributed by atoms with E-state index in [0.717, 1.165) is 0 Å². The number of methoxy groups -OCH3 is 1. The summed E-state index contributed by atoms with van der Waals surface area (Å²) < 4.78 is 4.47. The molecule has 0 spiro atoms. The molecular formula is C7H13N3O3. The molecule has 1 aliphatic rings. The van der Waals surface area contributed by atoms with E-state index < -0.39 is 6.29 Å². The Bertz CT molecular complexity index is 219. The molecule has 1 saturated heterocycles. The molecule has 0 aromatic rings. The van der Waals surface area contributed by atoms with Crippen molar-refractivity contribution in [1.29, 1.82) is 0 Å².